The van der Waals surface area contributed by atoms with Gasteiger partial charge in [-0.2, -0.15) is 0 Å². The van der Waals surface area contributed by atoms with Crippen molar-refractivity contribution in [2.45, 2.75) is 39.2 Å². The lowest BCUT2D eigenvalue weighted by molar-refractivity contribution is 0.307. The first-order chi connectivity index (χ1) is 8.00. The number of nitrogen functional groups attached to an aromatic ring is 1. The fourth-order valence-electron chi connectivity index (χ4n) is 2.92. The third-order valence-corrected chi connectivity index (χ3v) is 4.00. The second kappa shape index (κ2) is 3.25. The summed E-state index contributed by atoms with van der Waals surface area (Å²) in [5, 5.41) is 0. The molecule has 3 nitrogen and oxygen atoms in total. The molecule has 90 valence electrons. The van der Waals surface area contributed by atoms with Crippen LogP contribution in [0.1, 0.15) is 32.5 Å². The average Bonchev–Trinajstić information content (AvgIpc) is 3.01. The van der Waals surface area contributed by atoms with Crippen LogP contribution in [0, 0.1) is 12.8 Å². The lowest BCUT2D eigenvalue weighted by Crippen LogP contribution is -2.29. The first-order valence-electron chi connectivity index (χ1n) is 6.25. The van der Waals surface area contributed by atoms with Gasteiger partial charge in [0.1, 0.15) is 5.82 Å². The SMILES string of the molecule is Cc1nc2cc(N)ccc2n1C(C)(C)C1CC1. The summed E-state index contributed by atoms with van der Waals surface area (Å²) >= 11 is 0. The summed E-state index contributed by atoms with van der Waals surface area (Å²) in [6.07, 6.45) is 2.67. The zero-order valence-corrected chi connectivity index (χ0v) is 10.7. The molecular weight excluding hydrogens is 210 g/mol. The highest BCUT2D eigenvalue weighted by atomic mass is 15.1. The Morgan fingerprint density at radius 2 is 2.06 bits per heavy atom. The van der Waals surface area contributed by atoms with Gasteiger partial charge >= 0.3 is 0 Å². The molecule has 1 saturated carbocycles. The Balaban J connectivity index is 2.24. The van der Waals surface area contributed by atoms with Gasteiger partial charge in [0.25, 0.3) is 0 Å². The number of benzene rings is 1. The van der Waals surface area contributed by atoms with Gasteiger partial charge in [-0.3, -0.25) is 0 Å². The standard InChI is InChI=1S/C14H19N3/c1-9-16-12-8-11(15)6-7-13(12)17(9)14(2,3)10-4-5-10/h6-8,10H,4-5,15H2,1-3H3. The summed E-state index contributed by atoms with van der Waals surface area (Å²) in [6, 6.07) is 6.01. The van der Waals surface area contributed by atoms with E-state index in [0.717, 1.165) is 22.9 Å². The zero-order chi connectivity index (χ0) is 12.2. The van der Waals surface area contributed by atoms with E-state index in [4.69, 9.17) is 5.73 Å². The van der Waals surface area contributed by atoms with Crippen LogP contribution in [-0.4, -0.2) is 9.55 Å². The van der Waals surface area contributed by atoms with Crippen LogP contribution in [0.3, 0.4) is 0 Å². The van der Waals surface area contributed by atoms with Crippen molar-refractivity contribution in [1.82, 2.24) is 9.55 Å². The molecule has 1 heterocycles. The molecule has 2 N–H and O–H groups in total. The van der Waals surface area contributed by atoms with E-state index in [-0.39, 0.29) is 5.54 Å². The van der Waals surface area contributed by atoms with Crippen LogP contribution < -0.4 is 5.73 Å². The molecule has 3 heteroatoms. The number of hydrogen-bond donors (Lipinski definition) is 1. The van der Waals surface area contributed by atoms with Gasteiger partial charge in [-0.25, -0.2) is 4.98 Å². The first kappa shape index (κ1) is 10.6. The zero-order valence-electron chi connectivity index (χ0n) is 10.7. The Bertz CT molecular complexity index is 576. The Hall–Kier alpha value is -1.51. The summed E-state index contributed by atoms with van der Waals surface area (Å²) in [6.45, 7) is 6.71. The molecular formula is C14H19N3. The molecule has 0 amide bonds. The quantitative estimate of drug-likeness (QED) is 0.804. The van der Waals surface area contributed by atoms with Crippen molar-refractivity contribution in [2.24, 2.45) is 5.92 Å². The van der Waals surface area contributed by atoms with E-state index >= 15 is 0 Å². The largest absolute Gasteiger partial charge is 0.399 e. The molecule has 17 heavy (non-hydrogen) atoms. The summed E-state index contributed by atoms with van der Waals surface area (Å²) in [5.41, 5.74) is 8.97. The van der Waals surface area contributed by atoms with E-state index < -0.39 is 0 Å². The summed E-state index contributed by atoms with van der Waals surface area (Å²) < 4.78 is 2.37. The predicted molar refractivity (Wildman–Crippen MR) is 70.9 cm³/mol. The van der Waals surface area contributed by atoms with Crippen LogP contribution in [0.4, 0.5) is 5.69 Å². The Morgan fingerprint density at radius 3 is 2.71 bits per heavy atom. The van der Waals surface area contributed by atoms with Crippen molar-refractivity contribution in [3.8, 4) is 0 Å². The predicted octanol–water partition coefficient (Wildman–Crippen LogP) is 3.07. The van der Waals surface area contributed by atoms with Crippen molar-refractivity contribution >= 4 is 16.7 Å². The minimum atomic E-state index is 0.162. The molecule has 1 aliphatic rings. The molecule has 0 radical (unpaired) electrons. The van der Waals surface area contributed by atoms with Gasteiger partial charge in [0.05, 0.1) is 11.0 Å². The maximum Gasteiger partial charge on any atom is 0.107 e. The Labute approximate surface area is 102 Å². The minimum absolute atomic E-state index is 0.162. The fourth-order valence-corrected chi connectivity index (χ4v) is 2.92. The number of aromatic nitrogens is 2. The number of nitrogens with zero attached hydrogens (tertiary/aromatic N) is 2. The molecule has 0 bridgehead atoms. The molecule has 1 aliphatic carbocycles. The molecule has 1 fully saturated rings. The van der Waals surface area contributed by atoms with E-state index in [9.17, 15) is 0 Å². The van der Waals surface area contributed by atoms with Gasteiger partial charge in [-0.15, -0.1) is 0 Å². The lowest BCUT2D eigenvalue weighted by atomic mass is 9.97. The number of aryl methyl sites for hydroxylation is 1. The van der Waals surface area contributed by atoms with E-state index in [1.54, 1.807) is 0 Å². The summed E-state index contributed by atoms with van der Waals surface area (Å²) in [7, 11) is 0. The topological polar surface area (TPSA) is 43.8 Å². The number of rotatable bonds is 2. The van der Waals surface area contributed by atoms with E-state index in [1.165, 1.54) is 18.4 Å². The van der Waals surface area contributed by atoms with Crippen LogP contribution in [-0.2, 0) is 5.54 Å². The van der Waals surface area contributed by atoms with Crippen molar-refractivity contribution in [3.63, 3.8) is 0 Å². The first-order valence-corrected chi connectivity index (χ1v) is 6.25. The van der Waals surface area contributed by atoms with Gasteiger partial charge in [-0.1, -0.05) is 0 Å². The smallest absolute Gasteiger partial charge is 0.107 e. The molecule has 1 aromatic carbocycles. The molecule has 3 rings (SSSR count). The van der Waals surface area contributed by atoms with Crippen LogP contribution in [0.25, 0.3) is 11.0 Å². The molecule has 0 spiro atoms. The van der Waals surface area contributed by atoms with Gasteiger partial charge in [0.2, 0.25) is 0 Å². The van der Waals surface area contributed by atoms with E-state index in [1.807, 2.05) is 12.1 Å². The Kier molecular flexibility index (Phi) is 2.03. The minimum Gasteiger partial charge on any atom is -0.399 e. The highest BCUT2D eigenvalue weighted by Gasteiger charge is 2.40. The van der Waals surface area contributed by atoms with E-state index in [2.05, 4.69) is 36.4 Å². The van der Waals surface area contributed by atoms with Crippen molar-refractivity contribution in [3.05, 3.63) is 24.0 Å². The third-order valence-electron chi connectivity index (χ3n) is 4.00. The molecule has 0 unspecified atom stereocenters. The molecule has 2 aromatic rings. The highest BCUT2D eigenvalue weighted by molar-refractivity contribution is 5.80. The Morgan fingerprint density at radius 1 is 1.35 bits per heavy atom. The van der Waals surface area contributed by atoms with Crippen LogP contribution in [0.5, 0.6) is 0 Å². The van der Waals surface area contributed by atoms with Crippen LogP contribution in [0.2, 0.25) is 0 Å². The van der Waals surface area contributed by atoms with Gasteiger partial charge in [-0.05, 0) is 57.7 Å². The second-order valence-corrected chi connectivity index (χ2v) is 5.67. The fraction of sp³-hybridized carbons (Fsp3) is 0.500. The van der Waals surface area contributed by atoms with Crippen molar-refractivity contribution in [2.75, 3.05) is 5.73 Å². The number of hydrogen-bond acceptors (Lipinski definition) is 2. The van der Waals surface area contributed by atoms with Crippen LogP contribution >= 0.6 is 0 Å². The van der Waals surface area contributed by atoms with Crippen molar-refractivity contribution in [1.29, 1.82) is 0 Å². The van der Waals surface area contributed by atoms with E-state index in [0.29, 0.717) is 0 Å². The maximum absolute atomic E-state index is 5.82. The molecule has 1 aromatic heterocycles. The van der Waals surface area contributed by atoms with Gasteiger partial charge in [0.15, 0.2) is 0 Å². The normalized spacial score (nSPS) is 16.6. The average molecular weight is 229 g/mol. The number of imidazole rings is 1. The van der Waals surface area contributed by atoms with Crippen LogP contribution in [0.15, 0.2) is 18.2 Å². The number of anilines is 1. The third kappa shape index (κ3) is 1.53. The lowest BCUT2D eigenvalue weighted by Gasteiger charge is -2.29. The van der Waals surface area contributed by atoms with Gasteiger partial charge in [0, 0.05) is 11.2 Å². The monoisotopic (exact) mass is 229 g/mol. The maximum atomic E-state index is 5.82. The summed E-state index contributed by atoms with van der Waals surface area (Å²) in [4.78, 5) is 4.63. The van der Waals surface area contributed by atoms with Gasteiger partial charge < -0.3 is 10.3 Å². The summed E-state index contributed by atoms with van der Waals surface area (Å²) in [5.74, 6) is 1.87. The number of nitrogens with two attached hydrogens (primary N) is 1. The molecule has 0 aliphatic heterocycles. The van der Waals surface area contributed by atoms with Crippen molar-refractivity contribution < 1.29 is 0 Å². The number of fused-ring (bicyclic) bond motifs is 1. The highest BCUT2D eigenvalue weighted by Crippen LogP contribution is 2.45. The second-order valence-electron chi connectivity index (χ2n) is 5.67. The molecule has 0 saturated heterocycles. The molecule has 0 atom stereocenters.